The number of benzene rings is 3. The van der Waals surface area contributed by atoms with Crippen LogP contribution in [0, 0.1) is 0 Å². The predicted molar refractivity (Wildman–Crippen MR) is 120 cm³/mol. The maximum atomic E-state index is 10.6. The predicted octanol–water partition coefficient (Wildman–Crippen LogP) is 6.00. The highest BCUT2D eigenvalue weighted by Crippen LogP contribution is 2.36. The van der Waals surface area contributed by atoms with E-state index in [-0.39, 0.29) is 12.2 Å². The van der Waals surface area contributed by atoms with E-state index in [0.717, 1.165) is 28.7 Å². The van der Waals surface area contributed by atoms with E-state index in [4.69, 9.17) is 9.84 Å². The Morgan fingerprint density at radius 2 is 1.57 bits per heavy atom. The molecule has 0 aliphatic heterocycles. The van der Waals surface area contributed by atoms with Gasteiger partial charge in [-0.05, 0) is 64.9 Å². The molecule has 0 spiro atoms. The van der Waals surface area contributed by atoms with Gasteiger partial charge in [-0.2, -0.15) is 0 Å². The molecular weight excluding hydrogens is 376 g/mol. The van der Waals surface area contributed by atoms with E-state index < -0.39 is 5.97 Å². The Bertz CT molecular complexity index is 1000. The number of aliphatic carboxylic acids is 1. The van der Waals surface area contributed by atoms with E-state index in [1.807, 2.05) is 54.6 Å². The van der Waals surface area contributed by atoms with Crippen LogP contribution in [0.15, 0.2) is 78.9 Å². The Labute approximate surface area is 177 Å². The van der Waals surface area contributed by atoms with E-state index in [2.05, 4.69) is 19.1 Å². The molecule has 0 atom stereocenters. The molecule has 4 heteroatoms. The quantitative estimate of drug-likeness (QED) is 0.340. The molecule has 0 aromatic heterocycles. The van der Waals surface area contributed by atoms with Crippen molar-refractivity contribution in [3.63, 3.8) is 0 Å². The number of hydrogen-bond acceptors (Lipinski definition) is 3. The molecule has 154 valence electrons. The third-order valence-corrected chi connectivity index (χ3v) is 4.86. The van der Waals surface area contributed by atoms with Gasteiger partial charge in [-0.1, -0.05) is 61.5 Å². The van der Waals surface area contributed by atoms with Gasteiger partial charge in [0.15, 0.2) is 0 Å². The second-order valence-corrected chi connectivity index (χ2v) is 6.99. The van der Waals surface area contributed by atoms with Crippen molar-refractivity contribution in [1.29, 1.82) is 0 Å². The molecule has 0 fully saturated rings. The van der Waals surface area contributed by atoms with Gasteiger partial charge < -0.3 is 14.9 Å². The van der Waals surface area contributed by atoms with Gasteiger partial charge in [-0.3, -0.25) is 4.79 Å². The van der Waals surface area contributed by atoms with Crippen molar-refractivity contribution < 1.29 is 19.7 Å². The number of phenols is 1. The van der Waals surface area contributed by atoms with E-state index in [1.54, 1.807) is 12.1 Å². The lowest BCUT2D eigenvalue weighted by Crippen LogP contribution is -2.02. The summed E-state index contributed by atoms with van der Waals surface area (Å²) in [7, 11) is 0. The Hall–Kier alpha value is -3.53. The number of rotatable bonds is 9. The van der Waals surface area contributed by atoms with Crippen LogP contribution < -0.4 is 4.74 Å². The number of ether oxygens (including phenoxy) is 1. The Kier molecular flexibility index (Phi) is 7.28. The van der Waals surface area contributed by atoms with Gasteiger partial charge in [0.2, 0.25) is 0 Å². The molecule has 0 saturated carbocycles. The van der Waals surface area contributed by atoms with Gasteiger partial charge >= 0.3 is 5.97 Å². The summed E-state index contributed by atoms with van der Waals surface area (Å²) < 4.78 is 5.67. The van der Waals surface area contributed by atoms with Crippen LogP contribution in [0.3, 0.4) is 0 Å². The number of aromatic hydroxyl groups is 1. The molecule has 0 radical (unpaired) electrons. The van der Waals surface area contributed by atoms with Gasteiger partial charge in [-0.15, -0.1) is 0 Å². The number of allylic oxidation sites excluding steroid dienone is 1. The molecule has 0 aliphatic rings. The largest absolute Gasteiger partial charge is 0.508 e. The summed E-state index contributed by atoms with van der Waals surface area (Å²) in [4.78, 5) is 10.6. The first-order valence-electron chi connectivity index (χ1n) is 10.1. The molecule has 3 aromatic carbocycles. The third-order valence-electron chi connectivity index (χ3n) is 4.86. The van der Waals surface area contributed by atoms with Gasteiger partial charge in [0, 0.05) is 6.42 Å². The minimum absolute atomic E-state index is 0.0966. The fourth-order valence-corrected chi connectivity index (χ4v) is 3.47. The molecule has 30 heavy (non-hydrogen) atoms. The van der Waals surface area contributed by atoms with Gasteiger partial charge in [0.1, 0.15) is 11.5 Å². The van der Waals surface area contributed by atoms with Crippen LogP contribution in [0.1, 0.15) is 42.9 Å². The first-order valence-corrected chi connectivity index (χ1v) is 10.1. The first kappa shape index (κ1) is 21.2. The normalized spacial score (nSPS) is 11.6. The molecule has 0 saturated heterocycles. The van der Waals surface area contributed by atoms with E-state index in [0.29, 0.717) is 18.8 Å². The monoisotopic (exact) mass is 402 g/mol. The zero-order valence-electron chi connectivity index (χ0n) is 17.0. The lowest BCUT2D eigenvalue weighted by Gasteiger charge is -2.17. The summed E-state index contributed by atoms with van der Waals surface area (Å²) in [5.41, 5.74) is 5.38. The van der Waals surface area contributed by atoms with Crippen LogP contribution in [-0.4, -0.2) is 22.8 Å². The molecule has 0 heterocycles. The van der Waals surface area contributed by atoms with Crippen molar-refractivity contribution in [3.05, 3.63) is 95.6 Å². The number of carboxylic acids is 1. The van der Waals surface area contributed by atoms with Crippen LogP contribution in [0.4, 0.5) is 0 Å². The molecular formula is C26H26O4. The van der Waals surface area contributed by atoms with E-state index in [9.17, 15) is 9.90 Å². The number of hydrogen-bond donors (Lipinski definition) is 2. The average molecular weight is 402 g/mol. The highest BCUT2D eigenvalue weighted by molar-refractivity contribution is 5.98. The Morgan fingerprint density at radius 3 is 2.20 bits per heavy atom. The maximum Gasteiger partial charge on any atom is 0.303 e. The number of carboxylic acid groups (broad SMARTS) is 1. The summed E-state index contributed by atoms with van der Waals surface area (Å²) in [6, 6.07) is 25.4. The standard InChI is InChI=1S/C26H26O4/c1-2-24(19-8-4-3-5-9-19)26(21-10-6-11-22(27)18-21)20-13-15-23(16-14-20)30-17-7-12-25(28)29/h3-6,8-11,13-16,18,27H,2,7,12,17H2,1H3,(H,28,29)/b26-24-. The second kappa shape index (κ2) is 10.3. The van der Waals surface area contributed by atoms with Gasteiger partial charge in [0.25, 0.3) is 0 Å². The highest BCUT2D eigenvalue weighted by Gasteiger charge is 2.13. The van der Waals surface area contributed by atoms with Gasteiger partial charge in [-0.25, -0.2) is 0 Å². The molecule has 2 N–H and O–H groups in total. The average Bonchev–Trinajstić information content (AvgIpc) is 2.76. The SMILES string of the molecule is CC/C(=C(\c1ccc(OCCCC(=O)O)cc1)c1cccc(O)c1)c1ccccc1. The number of carbonyl (C=O) groups is 1. The van der Waals surface area contributed by atoms with Crippen molar-refractivity contribution in [3.8, 4) is 11.5 Å². The molecule has 0 bridgehead atoms. The minimum atomic E-state index is -0.817. The minimum Gasteiger partial charge on any atom is -0.508 e. The smallest absolute Gasteiger partial charge is 0.303 e. The molecule has 4 nitrogen and oxygen atoms in total. The zero-order chi connectivity index (χ0) is 21.3. The van der Waals surface area contributed by atoms with Crippen molar-refractivity contribution in [2.24, 2.45) is 0 Å². The summed E-state index contributed by atoms with van der Waals surface area (Å²) >= 11 is 0. The van der Waals surface area contributed by atoms with E-state index >= 15 is 0 Å². The van der Waals surface area contributed by atoms with Crippen LogP contribution in [0.25, 0.3) is 11.1 Å². The van der Waals surface area contributed by atoms with Crippen molar-refractivity contribution >= 4 is 17.1 Å². The summed E-state index contributed by atoms with van der Waals surface area (Å²) in [5, 5.41) is 18.8. The molecule has 0 unspecified atom stereocenters. The maximum absolute atomic E-state index is 10.6. The summed E-state index contributed by atoms with van der Waals surface area (Å²) in [6.07, 6.45) is 1.40. The number of phenolic OH excluding ortho intramolecular Hbond substituents is 1. The topological polar surface area (TPSA) is 66.8 Å². The van der Waals surface area contributed by atoms with Crippen LogP contribution in [-0.2, 0) is 4.79 Å². The van der Waals surface area contributed by atoms with Gasteiger partial charge in [0.05, 0.1) is 6.61 Å². The molecule has 0 amide bonds. The molecule has 3 aromatic rings. The summed E-state index contributed by atoms with van der Waals surface area (Å²) in [6.45, 7) is 2.50. The van der Waals surface area contributed by atoms with Crippen LogP contribution >= 0.6 is 0 Å². The van der Waals surface area contributed by atoms with Crippen molar-refractivity contribution in [2.45, 2.75) is 26.2 Å². The van der Waals surface area contributed by atoms with Crippen LogP contribution in [0.5, 0.6) is 11.5 Å². The summed E-state index contributed by atoms with van der Waals surface area (Å²) in [5.74, 6) is 0.118. The van der Waals surface area contributed by atoms with E-state index in [1.165, 1.54) is 5.57 Å². The highest BCUT2D eigenvalue weighted by atomic mass is 16.5. The van der Waals surface area contributed by atoms with Crippen LogP contribution in [0.2, 0.25) is 0 Å². The van der Waals surface area contributed by atoms with Crippen molar-refractivity contribution in [2.75, 3.05) is 6.61 Å². The lowest BCUT2D eigenvalue weighted by molar-refractivity contribution is -0.137. The molecule has 0 aliphatic carbocycles. The Morgan fingerprint density at radius 1 is 0.867 bits per heavy atom. The first-order chi connectivity index (χ1) is 14.6. The Balaban J connectivity index is 1.97. The zero-order valence-corrected chi connectivity index (χ0v) is 17.0. The lowest BCUT2D eigenvalue weighted by atomic mass is 9.88. The fourth-order valence-electron chi connectivity index (χ4n) is 3.47. The molecule has 3 rings (SSSR count). The fraction of sp³-hybridized carbons (Fsp3) is 0.192. The second-order valence-electron chi connectivity index (χ2n) is 6.99. The van der Waals surface area contributed by atoms with Crippen molar-refractivity contribution in [1.82, 2.24) is 0 Å². The third kappa shape index (κ3) is 5.51.